The van der Waals surface area contributed by atoms with E-state index in [1.807, 2.05) is 6.07 Å². The fourth-order valence-electron chi connectivity index (χ4n) is 1.44. The van der Waals surface area contributed by atoms with Gasteiger partial charge in [-0.3, -0.25) is 0 Å². The molecular formula is C14H22FNO2. The van der Waals surface area contributed by atoms with E-state index in [0.717, 1.165) is 5.56 Å². The Morgan fingerprint density at radius 2 is 1.94 bits per heavy atom. The third kappa shape index (κ3) is 5.02. The first-order chi connectivity index (χ1) is 8.44. The largest absolute Gasteiger partial charge is 0.488 e. The third-order valence-electron chi connectivity index (χ3n) is 2.39. The normalized spacial score (nSPS) is 11.6. The molecule has 0 saturated heterocycles. The number of rotatable bonds is 6. The van der Waals surface area contributed by atoms with Crippen molar-refractivity contribution in [1.82, 2.24) is 5.32 Å². The van der Waals surface area contributed by atoms with Gasteiger partial charge in [0.2, 0.25) is 0 Å². The lowest BCUT2D eigenvalue weighted by atomic mass is 10.1. The first-order valence-electron chi connectivity index (χ1n) is 6.08. The molecule has 102 valence electrons. The van der Waals surface area contributed by atoms with Crippen molar-refractivity contribution in [2.45, 2.75) is 32.9 Å². The van der Waals surface area contributed by atoms with Crippen molar-refractivity contribution in [3.8, 4) is 5.75 Å². The fourth-order valence-corrected chi connectivity index (χ4v) is 1.44. The summed E-state index contributed by atoms with van der Waals surface area (Å²) in [5.41, 5.74) is 0.803. The molecule has 18 heavy (non-hydrogen) atoms. The molecule has 0 atom stereocenters. The van der Waals surface area contributed by atoms with Crippen LogP contribution < -0.4 is 10.1 Å². The van der Waals surface area contributed by atoms with Crippen LogP contribution in [0.3, 0.4) is 0 Å². The molecule has 0 aliphatic heterocycles. The lowest BCUT2D eigenvalue weighted by molar-refractivity contribution is 0.143. The van der Waals surface area contributed by atoms with Gasteiger partial charge in [0.05, 0.1) is 6.61 Å². The summed E-state index contributed by atoms with van der Waals surface area (Å²) in [5.74, 6) is -0.0226. The Bertz CT molecular complexity index is 375. The monoisotopic (exact) mass is 255 g/mol. The van der Waals surface area contributed by atoms with E-state index >= 15 is 0 Å². The van der Waals surface area contributed by atoms with E-state index in [1.54, 1.807) is 13.2 Å². The van der Waals surface area contributed by atoms with E-state index in [2.05, 4.69) is 26.1 Å². The van der Waals surface area contributed by atoms with Gasteiger partial charge in [0.1, 0.15) is 6.61 Å². The Morgan fingerprint density at radius 3 is 2.56 bits per heavy atom. The lowest BCUT2D eigenvalue weighted by Gasteiger charge is -2.21. The predicted octanol–water partition coefficient (Wildman–Crippen LogP) is 2.74. The number of benzene rings is 1. The van der Waals surface area contributed by atoms with Gasteiger partial charge in [-0.15, -0.1) is 0 Å². The minimum Gasteiger partial charge on any atom is -0.488 e. The summed E-state index contributed by atoms with van der Waals surface area (Å²) in [6, 6.07) is 4.96. The van der Waals surface area contributed by atoms with Crippen molar-refractivity contribution in [3.05, 3.63) is 29.6 Å². The average Bonchev–Trinajstić information content (AvgIpc) is 2.28. The zero-order valence-corrected chi connectivity index (χ0v) is 11.5. The summed E-state index contributed by atoms with van der Waals surface area (Å²) in [6.45, 7) is 7.57. The molecule has 1 rings (SSSR count). The molecule has 1 aromatic carbocycles. The molecule has 4 heteroatoms. The van der Waals surface area contributed by atoms with E-state index < -0.39 is 0 Å². The van der Waals surface area contributed by atoms with Crippen LogP contribution in [0.1, 0.15) is 26.3 Å². The second kappa shape index (κ2) is 6.71. The van der Waals surface area contributed by atoms with Crippen LogP contribution in [-0.4, -0.2) is 25.9 Å². The molecular weight excluding hydrogens is 233 g/mol. The fraction of sp³-hybridized carbons (Fsp3) is 0.571. The van der Waals surface area contributed by atoms with Gasteiger partial charge in [-0.2, -0.15) is 0 Å². The summed E-state index contributed by atoms with van der Waals surface area (Å²) in [6.07, 6.45) is 0. The van der Waals surface area contributed by atoms with Gasteiger partial charge >= 0.3 is 0 Å². The lowest BCUT2D eigenvalue weighted by Crippen LogP contribution is -2.35. The van der Waals surface area contributed by atoms with Crippen LogP contribution in [0.15, 0.2) is 18.2 Å². The van der Waals surface area contributed by atoms with Crippen LogP contribution in [0.5, 0.6) is 5.75 Å². The maximum Gasteiger partial charge on any atom is 0.165 e. The Kier molecular flexibility index (Phi) is 5.56. The van der Waals surface area contributed by atoms with Gasteiger partial charge in [0.25, 0.3) is 0 Å². The highest BCUT2D eigenvalue weighted by molar-refractivity contribution is 5.35. The zero-order valence-electron chi connectivity index (χ0n) is 11.5. The number of halogens is 1. The smallest absolute Gasteiger partial charge is 0.165 e. The topological polar surface area (TPSA) is 30.5 Å². The minimum atomic E-state index is -0.334. The summed E-state index contributed by atoms with van der Waals surface area (Å²) in [7, 11) is 1.59. The highest BCUT2D eigenvalue weighted by atomic mass is 19.1. The number of para-hydroxylation sites is 1. The molecule has 0 saturated carbocycles. The third-order valence-corrected chi connectivity index (χ3v) is 2.39. The highest BCUT2D eigenvalue weighted by Gasteiger charge is 2.13. The number of hydrogen-bond acceptors (Lipinski definition) is 3. The van der Waals surface area contributed by atoms with Gasteiger partial charge in [-0.05, 0) is 26.8 Å². The number of nitrogens with one attached hydrogen (secondary N) is 1. The molecule has 0 spiro atoms. The van der Waals surface area contributed by atoms with Gasteiger partial charge < -0.3 is 14.8 Å². The van der Waals surface area contributed by atoms with E-state index in [1.165, 1.54) is 6.07 Å². The first kappa shape index (κ1) is 14.9. The molecule has 0 bridgehead atoms. The minimum absolute atomic E-state index is 0.0177. The maximum atomic E-state index is 13.7. The molecule has 0 aliphatic carbocycles. The van der Waals surface area contributed by atoms with E-state index in [4.69, 9.17) is 9.47 Å². The van der Waals surface area contributed by atoms with Crippen molar-refractivity contribution in [3.63, 3.8) is 0 Å². The van der Waals surface area contributed by atoms with Crippen LogP contribution in [-0.2, 0) is 11.3 Å². The summed E-state index contributed by atoms with van der Waals surface area (Å²) >= 11 is 0. The molecule has 0 heterocycles. The van der Waals surface area contributed by atoms with Crippen molar-refractivity contribution < 1.29 is 13.9 Å². The van der Waals surface area contributed by atoms with Crippen LogP contribution in [0.25, 0.3) is 0 Å². The summed E-state index contributed by atoms with van der Waals surface area (Å²) in [4.78, 5) is 0. The van der Waals surface area contributed by atoms with Crippen LogP contribution in [0.2, 0.25) is 0 Å². The number of ether oxygens (including phenoxy) is 2. The Balaban J connectivity index is 2.73. The molecule has 0 aliphatic rings. The number of hydrogen-bond donors (Lipinski definition) is 1. The SMILES string of the molecule is COCCOc1c(F)cccc1CNC(C)(C)C. The molecule has 3 nitrogen and oxygen atoms in total. The number of methoxy groups -OCH3 is 1. The maximum absolute atomic E-state index is 13.7. The van der Waals surface area contributed by atoms with Gasteiger partial charge in [-0.1, -0.05) is 12.1 Å². The predicted molar refractivity (Wildman–Crippen MR) is 70.4 cm³/mol. The Labute approximate surface area is 108 Å². The summed E-state index contributed by atoms with van der Waals surface area (Å²) < 4.78 is 24.0. The van der Waals surface area contributed by atoms with Crippen molar-refractivity contribution in [2.24, 2.45) is 0 Å². The van der Waals surface area contributed by atoms with Crippen LogP contribution in [0.4, 0.5) is 4.39 Å². The van der Waals surface area contributed by atoms with E-state index in [9.17, 15) is 4.39 Å². The second-order valence-corrected chi connectivity index (χ2v) is 5.17. The van der Waals surface area contributed by atoms with Gasteiger partial charge in [-0.25, -0.2) is 4.39 Å². The molecule has 0 amide bonds. The van der Waals surface area contributed by atoms with Crippen molar-refractivity contribution in [2.75, 3.05) is 20.3 Å². The molecule has 1 N–H and O–H groups in total. The van der Waals surface area contributed by atoms with Crippen molar-refractivity contribution in [1.29, 1.82) is 0 Å². The Hall–Kier alpha value is -1.13. The zero-order chi connectivity index (χ0) is 13.6. The van der Waals surface area contributed by atoms with Gasteiger partial charge in [0.15, 0.2) is 11.6 Å². The van der Waals surface area contributed by atoms with E-state index in [0.29, 0.717) is 25.5 Å². The van der Waals surface area contributed by atoms with Crippen LogP contribution in [0, 0.1) is 5.82 Å². The van der Waals surface area contributed by atoms with E-state index in [-0.39, 0.29) is 11.4 Å². The van der Waals surface area contributed by atoms with Crippen LogP contribution >= 0.6 is 0 Å². The molecule has 0 fully saturated rings. The van der Waals surface area contributed by atoms with Gasteiger partial charge in [0, 0.05) is 24.8 Å². The summed E-state index contributed by atoms with van der Waals surface area (Å²) in [5, 5.41) is 3.32. The quantitative estimate of drug-likeness (QED) is 0.793. The molecule has 1 aromatic rings. The molecule has 0 aromatic heterocycles. The second-order valence-electron chi connectivity index (χ2n) is 5.17. The average molecular weight is 255 g/mol. The standard InChI is InChI=1S/C14H22FNO2/c1-14(2,3)16-10-11-6-5-7-12(15)13(11)18-9-8-17-4/h5-7,16H,8-10H2,1-4H3. The first-order valence-corrected chi connectivity index (χ1v) is 6.08. The van der Waals surface area contributed by atoms with Crippen molar-refractivity contribution >= 4 is 0 Å². The Morgan fingerprint density at radius 1 is 1.22 bits per heavy atom. The molecule has 0 radical (unpaired) electrons. The molecule has 0 unspecified atom stereocenters. The highest BCUT2D eigenvalue weighted by Crippen LogP contribution is 2.23.